The van der Waals surface area contributed by atoms with E-state index in [0.29, 0.717) is 0 Å². The Morgan fingerprint density at radius 1 is 1.42 bits per heavy atom. The fourth-order valence-electron chi connectivity index (χ4n) is 1.91. The highest BCUT2D eigenvalue weighted by atomic mass is 16.6. The van der Waals surface area contributed by atoms with Gasteiger partial charge in [-0.1, -0.05) is 0 Å². The molecule has 0 aliphatic carbocycles. The summed E-state index contributed by atoms with van der Waals surface area (Å²) in [7, 11) is 0. The lowest BCUT2D eigenvalue weighted by molar-refractivity contribution is -0.384. The zero-order chi connectivity index (χ0) is 13.7. The van der Waals surface area contributed by atoms with Gasteiger partial charge in [0.2, 0.25) is 5.91 Å². The molecule has 19 heavy (non-hydrogen) atoms. The lowest BCUT2D eigenvalue weighted by Gasteiger charge is -2.08. The van der Waals surface area contributed by atoms with Crippen LogP contribution in [0.1, 0.15) is 12.0 Å². The molecule has 2 rings (SSSR count). The van der Waals surface area contributed by atoms with Gasteiger partial charge >= 0.3 is 0 Å². The van der Waals surface area contributed by atoms with Crippen molar-refractivity contribution in [2.24, 2.45) is 0 Å². The van der Waals surface area contributed by atoms with Crippen molar-refractivity contribution in [3.05, 3.63) is 46.0 Å². The molecule has 6 heteroatoms. The second-order valence-electron chi connectivity index (χ2n) is 4.38. The number of carbonyl (C=O) groups is 1. The summed E-state index contributed by atoms with van der Waals surface area (Å²) in [6, 6.07) is 6.24. The summed E-state index contributed by atoms with van der Waals surface area (Å²) in [5, 5.41) is 16.5. The molecule has 2 N–H and O–H groups in total. The molecule has 100 valence electrons. The predicted molar refractivity (Wildman–Crippen MR) is 71.5 cm³/mol. The van der Waals surface area contributed by atoms with Gasteiger partial charge in [-0.15, -0.1) is 0 Å². The van der Waals surface area contributed by atoms with E-state index in [9.17, 15) is 14.9 Å². The van der Waals surface area contributed by atoms with Gasteiger partial charge in [-0.25, -0.2) is 0 Å². The van der Waals surface area contributed by atoms with Crippen LogP contribution >= 0.6 is 0 Å². The van der Waals surface area contributed by atoms with Crippen LogP contribution < -0.4 is 10.6 Å². The largest absolute Gasteiger partial charge is 0.348 e. The van der Waals surface area contributed by atoms with Gasteiger partial charge in [0.25, 0.3) is 5.69 Å². The molecule has 1 aliphatic rings. The molecule has 0 aromatic heterocycles. The molecule has 1 aromatic rings. The molecule has 1 saturated heterocycles. The average Bonchev–Trinajstić information content (AvgIpc) is 2.89. The van der Waals surface area contributed by atoms with Crippen molar-refractivity contribution in [1.82, 2.24) is 10.6 Å². The molecule has 0 spiro atoms. The molecule has 1 heterocycles. The second kappa shape index (κ2) is 6.10. The minimum atomic E-state index is -0.451. The molecule has 1 aliphatic heterocycles. The van der Waals surface area contributed by atoms with Gasteiger partial charge in [-0.2, -0.15) is 0 Å². The van der Waals surface area contributed by atoms with Crippen molar-refractivity contribution in [2.45, 2.75) is 12.5 Å². The maximum absolute atomic E-state index is 11.6. The first-order chi connectivity index (χ1) is 9.15. The second-order valence-corrected chi connectivity index (χ2v) is 4.38. The number of hydrogen-bond donors (Lipinski definition) is 2. The third-order valence-corrected chi connectivity index (χ3v) is 2.94. The van der Waals surface area contributed by atoms with Gasteiger partial charge < -0.3 is 10.6 Å². The number of rotatable bonds is 4. The number of benzene rings is 1. The van der Waals surface area contributed by atoms with Crippen LogP contribution in [0.2, 0.25) is 0 Å². The summed E-state index contributed by atoms with van der Waals surface area (Å²) in [4.78, 5) is 21.7. The fraction of sp³-hybridized carbons (Fsp3) is 0.308. The summed E-state index contributed by atoms with van der Waals surface area (Å²) < 4.78 is 0. The van der Waals surface area contributed by atoms with Crippen molar-refractivity contribution in [1.29, 1.82) is 0 Å². The smallest absolute Gasteiger partial charge is 0.269 e. The Hall–Kier alpha value is -2.21. The van der Waals surface area contributed by atoms with E-state index in [2.05, 4.69) is 10.6 Å². The first-order valence-electron chi connectivity index (χ1n) is 6.09. The Morgan fingerprint density at radius 2 is 2.16 bits per heavy atom. The number of nitrogens with one attached hydrogen (secondary N) is 2. The number of nitrogens with zero attached hydrogens (tertiary/aromatic N) is 1. The molecule has 1 fully saturated rings. The SMILES string of the molecule is O=C(C=Cc1ccc([N+](=O)[O-])cc1)N[C@@H]1CCNC1. The van der Waals surface area contributed by atoms with Gasteiger partial charge in [0, 0.05) is 30.8 Å². The molecule has 0 saturated carbocycles. The number of nitro groups is 1. The minimum Gasteiger partial charge on any atom is -0.348 e. The number of carbonyl (C=O) groups excluding carboxylic acids is 1. The van der Waals surface area contributed by atoms with E-state index in [4.69, 9.17) is 0 Å². The van der Waals surface area contributed by atoms with Crippen LogP contribution in [0.25, 0.3) is 6.08 Å². The van der Waals surface area contributed by atoms with Crippen molar-refractivity contribution >= 4 is 17.7 Å². The van der Waals surface area contributed by atoms with Crippen LogP contribution in [0, 0.1) is 10.1 Å². The van der Waals surface area contributed by atoms with Gasteiger partial charge in [0.15, 0.2) is 0 Å². The van der Waals surface area contributed by atoms with Crippen molar-refractivity contribution in [3.8, 4) is 0 Å². The predicted octanol–water partition coefficient (Wildman–Crippen LogP) is 1.09. The monoisotopic (exact) mass is 261 g/mol. The van der Waals surface area contributed by atoms with Crippen molar-refractivity contribution in [3.63, 3.8) is 0 Å². The molecule has 1 atom stereocenters. The molecule has 0 radical (unpaired) electrons. The summed E-state index contributed by atoms with van der Waals surface area (Å²) in [6.45, 7) is 1.73. The summed E-state index contributed by atoms with van der Waals surface area (Å²) in [5.41, 5.74) is 0.795. The molecule has 0 bridgehead atoms. The van der Waals surface area contributed by atoms with E-state index in [-0.39, 0.29) is 17.6 Å². The van der Waals surface area contributed by atoms with Crippen molar-refractivity contribution < 1.29 is 9.72 Å². The highest BCUT2D eigenvalue weighted by molar-refractivity contribution is 5.91. The molecule has 6 nitrogen and oxygen atoms in total. The summed E-state index contributed by atoms with van der Waals surface area (Å²) in [6.07, 6.45) is 4.03. The third-order valence-electron chi connectivity index (χ3n) is 2.94. The Bertz CT molecular complexity index is 490. The van der Waals surface area contributed by atoms with E-state index in [1.165, 1.54) is 18.2 Å². The topological polar surface area (TPSA) is 84.3 Å². The first-order valence-corrected chi connectivity index (χ1v) is 6.09. The maximum Gasteiger partial charge on any atom is 0.269 e. The average molecular weight is 261 g/mol. The zero-order valence-corrected chi connectivity index (χ0v) is 10.3. The summed E-state index contributed by atoms with van der Waals surface area (Å²) >= 11 is 0. The van der Waals surface area contributed by atoms with Crippen LogP contribution in [0.3, 0.4) is 0 Å². The Kier molecular flexibility index (Phi) is 4.25. The van der Waals surface area contributed by atoms with Crippen molar-refractivity contribution in [2.75, 3.05) is 13.1 Å². The Labute approximate surface area is 110 Å². The zero-order valence-electron chi connectivity index (χ0n) is 10.3. The van der Waals surface area contributed by atoms with E-state index in [0.717, 1.165) is 25.1 Å². The van der Waals surface area contributed by atoms with Crippen LogP contribution in [0.5, 0.6) is 0 Å². The van der Waals surface area contributed by atoms with E-state index < -0.39 is 4.92 Å². The third kappa shape index (κ3) is 3.89. The highest BCUT2D eigenvalue weighted by Gasteiger charge is 2.14. The minimum absolute atomic E-state index is 0.0404. The van der Waals surface area contributed by atoms with E-state index in [1.807, 2.05) is 0 Å². The van der Waals surface area contributed by atoms with Gasteiger partial charge in [-0.05, 0) is 36.7 Å². The number of nitro benzene ring substituents is 1. The lowest BCUT2D eigenvalue weighted by atomic mass is 10.2. The first kappa shape index (κ1) is 13.2. The van der Waals surface area contributed by atoms with E-state index >= 15 is 0 Å². The number of non-ortho nitro benzene ring substituents is 1. The quantitative estimate of drug-likeness (QED) is 0.482. The Balaban J connectivity index is 1.90. The van der Waals surface area contributed by atoms with E-state index in [1.54, 1.807) is 18.2 Å². The number of hydrogen-bond acceptors (Lipinski definition) is 4. The lowest BCUT2D eigenvalue weighted by Crippen LogP contribution is -2.34. The van der Waals surface area contributed by atoms with Gasteiger partial charge in [0.05, 0.1) is 4.92 Å². The molecule has 1 aromatic carbocycles. The molecule has 0 unspecified atom stereocenters. The maximum atomic E-state index is 11.6. The molecular formula is C13H15N3O3. The highest BCUT2D eigenvalue weighted by Crippen LogP contribution is 2.12. The van der Waals surface area contributed by atoms with Crippen LogP contribution in [-0.4, -0.2) is 30.0 Å². The number of amides is 1. The standard InChI is InChI=1S/C13H15N3O3/c17-13(15-11-7-8-14-9-11)6-3-10-1-4-12(5-2-10)16(18)19/h1-6,11,14H,7-9H2,(H,15,17)/t11-/m1/s1. The summed E-state index contributed by atoms with van der Waals surface area (Å²) in [5.74, 6) is -0.146. The van der Waals surface area contributed by atoms with Crippen LogP contribution in [0.15, 0.2) is 30.3 Å². The molecule has 1 amide bonds. The van der Waals surface area contributed by atoms with Crippen LogP contribution in [-0.2, 0) is 4.79 Å². The molecular weight excluding hydrogens is 246 g/mol. The normalized spacial score (nSPS) is 18.6. The van der Waals surface area contributed by atoms with Gasteiger partial charge in [-0.3, -0.25) is 14.9 Å². The van der Waals surface area contributed by atoms with Gasteiger partial charge in [0.1, 0.15) is 0 Å². The Morgan fingerprint density at radius 3 is 2.74 bits per heavy atom. The fourth-order valence-corrected chi connectivity index (χ4v) is 1.91. The van der Waals surface area contributed by atoms with Crippen LogP contribution in [0.4, 0.5) is 5.69 Å².